The zero-order valence-corrected chi connectivity index (χ0v) is 9.49. The van der Waals surface area contributed by atoms with Crippen molar-refractivity contribution in [2.75, 3.05) is 31.7 Å². The summed E-state index contributed by atoms with van der Waals surface area (Å²) in [4.78, 5) is 19.1. The van der Waals surface area contributed by atoms with Crippen LogP contribution in [-0.2, 0) is 15.9 Å². The fourth-order valence-corrected chi connectivity index (χ4v) is 2.16. The van der Waals surface area contributed by atoms with Gasteiger partial charge in [-0.2, -0.15) is 0 Å². The molecule has 1 aromatic rings. The van der Waals surface area contributed by atoms with Crippen LogP contribution < -0.4 is 10.9 Å². The van der Waals surface area contributed by atoms with Crippen molar-refractivity contribution in [3.63, 3.8) is 0 Å². The standard InChI is InChI=1S/C11H15N3O3/c15-11-7-2-1-3-12-9(7)13-10(14-11)8-6-16-4-5-17-8/h8H,1-6H2,(H2,12,13,14,15). The molecule has 0 spiro atoms. The highest BCUT2D eigenvalue weighted by atomic mass is 16.6. The first kappa shape index (κ1) is 10.7. The fourth-order valence-electron chi connectivity index (χ4n) is 2.16. The summed E-state index contributed by atoms with van der Waals surface area (Å²) in [6.45, 7) is 2.45. The van der Waals surface area contributed by atoms with Crippen LogP contribution in [0.5, 0.6) is 0 Å². The van der Waals surface area contributed by atoms with Gasteiger partial charge in [0, 0.05) is 6.54 Å². The van der Waals surface area contributed by atoms with Crippen LogP contribution in [-0.4, -0.2) is 36.3 Å². The molecule has 0 bridgehead atoms. The van der Waals surface area contributed by atoms with E-state index in [4.69, 9.17) is 9.47 Å². The smallest absolute Gasteiger partial charge is 0.256 e. The van der Waals surface area contributed by atoms with Gasteiger partial charge in [-0.3, -0.25) is 4.79 Å². The third-order valence-corrected chi connectivity index (χ3v) is 3.05. The van der Waals surface area contributed by atoms with Crippen LogP contribution in [0.25, 0.3) is 0 Å². The minimum atomic E-state index is -0.259. The van der Waals surface area contributed by atoms with E-state index in [-0.39, 0.29) is 11.7 Å². The molecule has 2 aliphatic rings. The summed E-state index contributed by atoms with van der Waals surface area (Å²) in [7, 11) is 0. The van der Waals surface area contributed by atoms with Crippen molar-refractivity contribution in [3.8, 4) is 0 Å². The Morgan fingerprint density at radius 1 is 1.35 bits per heavy atom. The van der Waals surface area contributed by atoms with E-state index in [0.717, 1.165) is 24.9 Å². The van der Waals surface area contributed by atoms with Crippen LogP contribution in [0.1, 0.15) is 23.9 Å². The second-order valence-corrected chi connectivity index (χ2v) is 4.24. The van der Waals surface area contributed by atoms with Crippen LogP contribution in [0.3, 0.4) is 0 Å². The van der Waals surface area contributed by atoms with Gasteiger partial charge in [0.05, 0.1) is 25.4 Å². The first-order valence-electron chi connectivity index (χ1n) is 5.91. The Morgan fingerprint density at radius 3 is 3.12 bits per heavy atom. The van der Waals surface area contributed by atoms with E-state index >= 15 is 0 Å². The predicted octanol–water partition coefficient (Wildman–Crippen LogP) is 0.216. The second-order valence-electron chi connectivity index (χ2n) is 4.24. The Kier molecular flexibility index (Phi) is 2.82. The minimum absolute atomic E-state index is 0.0635. The lowest BCUT2D eigenvalue weighted by molar-refractivity contribution is -0.0935. The normalized spacial score (nSPS) is 23.9. The molecule has 17 heavy (non-hydrogen) atoms. The summed E-state index contributed by atoms with van der Waals surface area (Å²) in [6.07, 6.45) is 1.50. The zero-order valence-electron chi connectivity index (χ0n) is 9.49. The topological polar surface area (TPSA) is 76.2 Å². The van der Waals surface area contributed by atoms with E-state index < -0.39 is 0 Å². The number of rotatable bonds is 1. The molecule has 1 saturated heterocycles. The Hall–Kier alpha value is -1.40. The molecule has 6 heteroatoms. The zero-order chi connectivity index (χ0) is 11.7. The molecule has 1 atom stereocenters. The van der Waals surface area contributed by atoms with Gasteiger partial charge in [-0.05, 0) is 12.8 Å². The summed E-state index contributed by atoms with van der Waals surface area (Å²) >= 11 is 0. The number of hydrogen-bond acceptors (Lipinski definition) is 5. The van der Waals surface area contributed by atoms with Crippen LogP contribution in [0, 0.1) is 0 Å². The van der Waals surface area contributed by atoms with Crippen LogP contribution in [0.4, 0.5) is 5.82 Å². The van der Waals surface area contributed by atoms with Crippen molar-refractivity contribution in [3.05, 3.63) is 21.7 Å². The molecule has 3 heterocycles. The summed E-state index contributed by atoms with van der Waals surface area (Å²) in [5.41, 5.74) is 0.683. The lowest BCUT2D eigenvalue weighted by atomic mass is 10.1. The number of ether oxygens (including phenoxy) is 2. The maximum absolute atomic E-state index is 11.9. The average Bonchev–Trinajstić information content (AvgIpc) is 2.40. The molecular weight excluding hydrogens is 222 g/mol. The maximum Gasteiger partial charge on any atom is 0.256 e. The molecule has 92 valence electrons. The number of nitrogens with one attached hydrogen (secondary N) is 2. The molecule has 2 aliphatic heterocycles. The summed E-state index contributed by atoms with van der Waals surface area (Å²) in [5.74, 6) is 1.26. The minimum Gasteiger partial charge on any atom is -0.376 e. The Labute approximate surface area is 98.4 Å². The number of fused-ring (bicyclic) bond motifs is 1. The van der Waals surface area contributed by atoms with E-state index in [9.17, 15) is 4.79 Å². The van der Waals surface area contributed by atoms with Crippen molar-refractivity contribution in [1.29, 1.82) is 0 Å². The summed E-state index contributed by atoms with van der Waals surface area (Å²) < 4.78 is 10.8. The molecular formula is C11H15N3O3. The number of anilines is 1. The molecule has 2 N–H and O–H groups in total. The van der Waals surface area contributed by atoms with E-state index in [1.165, 1.54) is 0 Å². The lowest BCUT2D eigenvalue weighted by Gasteiger charge is -2.23. The Balaban J connectivity index is 1.95. The first-order valence-corrected chi connectivity index (χ1v) is 5.91. The molecule has 3 rings (SSSR count). The number of hydrogen-bond donors (Lipinski definition) is 2. The summed E-state index contributed by atoms with van der Waals surface area (Å²) in [6, 6.07) is 0. The van der Waals surface area contributed by atoms with Gasteiger partial charge in [-0.15, -0.1) is 0 Å². The van der Waals surface area contributed by atoms with Crippen LogP contribution >= 0.6 is 0 Å². The van der Waals surface area contributed by atoms with Crippen molar-refractivity contribution in [1.82, 2.24) is 9.97 Å². The molecule has 6 nitrogen and oxygen atoms in total. The monoisotopic (exact) mass is 237 g/mol. The number of H-pyrrole nitrogens is 1. The Morgan fingerprint density at radius 2 is 2.29 bits per heavy atom. The second kappa shape index (κ2) is 4.46. The Bertz CT molecular complexity index is 466. The lowest BCUT2D eigenvalue weighted by Crippen LogP contribution is -2.29. The number of aromatic amines is 1. The van der Waals surface area contributed by atoms with Crippen LogP contribution in [0.15, 0.2) is 4.79 Å². The third kappa shape index (κ3) is 2.05. The van der Waals surface area contributed by atoms with Gasteiger partial charge in [-0.1, -0.05) is 0 Å². The molecule has 1 fully saturated rings. The highest BCUT2D eigenvalue weighted by Crippen LogP contribution is 2.20. The fraction of sp³-hybridized carbons (Fsp3) is 0.636. The van der Waals surface area contributed by atoms with Gasteiger partial charge < -0.3 is 19.8 Å². The maximum atomic E-state index is 11.9. The molecule has 0 aliphatic carbocycles. The number of nitrogens with zero attached hydrogens (tertiary/aromatic N) is 1. The van der Waals surface area contributed by atoms with E-state index in [1.807, 2.05) is 0 Å². The van der Waals surface area contributed by atoms with Gasteiger partial charge in [-0.25, -0.2) is 4.98 Å². The molecule has 1 unspecified atom stereocenters. The molecule has 0 saturated carbocycles. The number of aromatic nitrogens is 2. The van der Waals surface area contributed by atoms with Gasteiger partial charge in [0.1, 0.15) is 17.7 Å². The summed E-state index contributed by atoms with van der Waals surface area (Å²) in [5, 5.41) is 3.16. The van der Waals surface area contributed by atoms with Crippen molar-refractivity contribution < 1.29 is 9.47 Å². The quantitative estimate of drug-likeness (QED) is 0.730. The molecule has 0 aromatic carbocycles. The molecule has 1 aromatic heterocycles. The van der Waals surface area contributed by atoms with E-state index in [1.54, 1.807) is 0 Å². The molecule has 0 amide bonds. The van der Waals surface area contributed by atoms with Gasteiger partial charge in [0.15, 0.2) is 0 Å². The van der Waals surface area contributed by atoms with Crippen molar-refractivity contribution in [2.45, 2.75) is 18.9 Å². The van der Waals surface area contributed by atoms with Crippen LogP contribution in [0.2, 0.25) is 0 Å². The van der Waals surface area contributed by atoms with Crippen molar-refractivity contribution in [2.24, 2.45) is 0 Å². The van der Waals surface area contributed by atoms with E-state index in [0.29, 0.717) is 31.5 Å². The SMILES string of the molecule is O=c1[nH]c(C2COCCO2)nc2c1CCCN2. The first-order chi connectivity index (χ1) is 8.34. The highest BCUT2D eigenvalue weighted by molar-refractivity contribution is 5.45. The van der Waals surface area contributed by atoms with Gasteiger partial charge in [0.2, 0.25) is 0 Å². The van der Waals surface area contributed by atoms with Gasteiger partial charge >= 0.3 is 0 Å². The largest absolute Gasteiger partial charge is 0.376 e. The van der Waals surface area contributed by atoms with Crippen molar-refractivity contribution >= 4 is 5.82 Å². The van der Waals surface area contributed by atoms with E-state index in [2.05, 4.69) is 15.3 Å². The third-order valence-electron chi connectivity index (χ3n) is 3.05. The highest BCUT2D eigenvalue weighted by Gasteiger charge is 2.22. The predicted molar refractivity (Wildman–Crippen MR) is 61.2 cm³/mol. The average molecular weight is 237 g/mol. The van der Waals surface area contributed by atoms with Gasteiger partial charge in [0.25, 0.3) is 5.56 Å². The molecule has 0 radical (unpaired) electrons.